The zero-order valence-corrected chi connectivity index (χ0v) is 18.9. The van der Waals surface area contributed by atoms with E-state index < -0.39 is 5.97 Å². The average Bonchev–Trinajstić information content (AvgIpc) is 3.26. The first-order valence-corrected chi connectivity index (χ1v) is 10.6. The second-order valence-electron chi connectivity index (χ2n) is 7.61. The van der Waals surface area contributed by atoms with Gasteiger partial charge in [0.25, 0.3) is 5.91 Å². The van der Waals surface area contributed by atoms with E-state index in [0.717, 1.165) is 11.1 Å². The van der Waals surface area contributed by atoms with Crippen molar-refractivity contribution in [3.63, 3.8) is 0 Å². The molecular weight excluding hydrogens is 400 g/mol. The van der Waals surface area contributed by atoms with Gasteiger partial charge in [-0.2, -0.15) is 0 Å². The van der Waals surface area contributed by atoms with Gasteiger partial charge < -0.3 is 9.15 Å². The van der Waals surface area contributed by atoms with Gasteiger partial charge in [-0.15, -0.1) is 0 Å². The fourth-order valence-electron chi connectivity index (χ4n) is 3.09. The summed E-state index contributed by atoms with van der Waals surface area (Å²) in [6.45, 7) is 9.87. The van der Waals surface area contributed by atoms with Crippen molar-refractivity contribution in [1.29, 1.82) is 0 Å². The normalized spacial score (nSPS) is 17.1. The fourth-order valence-corrected chi connectivity index (χ4v) is 4.30. The van der Waals surface area contributed by atoms with Gasteiger partial charge in [0.15, 0.2) is 5.17 Å². The molecule has 1 fully saturated rings. The summed E-state index contributed by atoms with van der Waals surface area (Å²) in [7, 11) is 1.35. The molecule has 0 saturated carbocycles. The molecule has 7 heteroatoms. The van der Waals surface area contributed by atoms with E-state index in [4.69, 9.17) is 9.15 Å². The van der Waals surface area contributed by atoms with Crippen LogP contribution in [0.5, 0.6) is 0 Å². The Labute approximate surface area is 181 Å². The molecule has 2 heterocycles. The lowest BCUT2D eigenvalue weighted by Crippen LogP contribution is -2.35. The first-order valence-electron chi connectivity index (χ1n) is 9.81. The average molecular weight is 427 g/mol. The fraction of sp³-hybridized carbons (Fsp3) is 0.348. The summed E-state index contributed by atoms with van der Waals surface area (Å²) in [6.07, 6.45) is 1.74. The third-order valence-corrected chi connectivity index (χ3v) is 5.54. The number of methoxy groups -OCH3 is 1. The van der Waals surface area contributed by atoms with Crippen molar-refractivity contribution in [3.8, 4) is 11.3 Å². The predicted octanol–water partition coefficient (Wildman–Crippen LogP) is 5.13. The molecular formula is C23H26N2O4S. The third-order valence-electron chi connectivity index (χ3n) is 4.55. The van der Waals surface area contributed by atoms with Gasteiger partial charge in [-0.05, 0) is 76.2 Å². The Morgan fingerprint density at radius 3 is 2.57 bits per heavy atom. The lowest BCUT2D eigenvalue weighted by atomic mass is 10.0. The number of esters is 1. The highest BCUT2D eigenvalue weighted by atomic mass is 32.2. The smallest absolute Gasteiger partial charge is 0.337 e. The van der Waals surface area contributed by atoms with Crippen LogP contribution in [-0.2, 0) is 9.53 Å². The van der Waals surface area contributed by atoms with Crippen LogP contribution < -0.4 is 0 Å². The molecule has 0 unspecified atom stereocenters. The SMILES string of the molecule is COC(=O)c1ccc(C)c(-c2ccc(/C=C3/SC(=NC(C)C)N(C(C)C)C3=O)o2)c1. The number of hydrogen-bond acceptors (Lipinski definition) is 6. The van der Waals surface area contributed by atoms with E-state index in [1.165, 1.54) is 18.9 Å². The van der Waals surface area contributed by atoms with Crippen molar-refractivity contribution >= 4 is 34.9 Å². The summed E-state index contributed by atoms with van der Waals surface area (Å²) < 4.78 is 10.8. The molecule has 1 aromatic carbocycles. The van der Waals surface area contributed by atoms with Crippen molar-refractivity contribution in [2.24, 2.45) is 4.99 Å². The van der Waals surface area contributed by atoms with Gasteiger partial charge in [0.05, 0.1) is 17.6 Å². The minimum absolute atomic E-state index is 0.0178. The molecule has 6 nitrogen and oxygen atoms in total. The Morgan fingerprint density at radius 1 is 1.20 bits per heavy atom. The largest absolute Gasteiger partial charge is 0.465 e. The number of rotatable bonds is 5. The number of aliphatic imine (C=N–C) groups is 1. The molecule has 2 aromatic rings. The van der Waals surface area contributed by atoms with Crippen LogP contribution in [-0.4, -0.2) is 41.1 Å². The minimum atomic E-state index is -0.399. The van der Waals surface area contributed by atoms with Gasteiger partial charge in [-0.1, -0.05) is 6.07 Å². The van der Waals surface area contributed by atoms with Crippen LogP contribution in [0.1, 0.15) is 49.4 Å². The van der Waals surface area contributed by atoms with Gasteiger partial charge >= 0.3 is 5.97 Å². The molecule has 0 atom stereocenters. The summed E-state index contributed by atoms with van der Waals surface area (Å²) in [5, 5.41) is 0.713. The van der Waals surface area contributed by atoms with E-state index in [9.17, 15) is 9.59 Å². The van der Waals surface area contributed by atoms with Crippen LogP contribution in [0.3, 0.4) is 0 Å². The van der Waals surface area contributed by atoms with Gasteiger partial charge in [0.2, 0.25) is 0 Å². The standard InChI is InChI=1S/C23H26N2O4S/c1-13(2)24-23-25(14(3)4)21(26)20(30-23)12-17-9-10-19(29-17)18-11-16(22(27)28-6)8-7-15(18)5/h7-14H,1-6H3/b20-12+,24-23?. The molecule has 1 amide bonds. The van der Waals surface area contributed by atoms with Crippen molar-refractivity contribution in [3.05, 3.63) is 52.1 Å². The Kier molecular flexibility index (Phi) is 6.51. The number of carbonyl (C=O) groups is 2. The number of furan rings is 1. The number of amides is 1. The molecule has 0 N–H and O–H groups in total. The number of amidine groups is 1. The van der Waals surface area contributed by atoms with Crippen LogP contribution >= 0.6 is 11.8 Å². The van der Waals surface area contributed by atoms with Crippen LogP contribution in [0.15, 0.2) is 44.6 Å². The molecule has 1 aliphatic heterocycles. The van der Waals surface area contributed by atoms with Gasteiger partial charge in [0, 0.05) is 23.7 Å². The second-order valence-corrected chi connectivity index (χ2v) is 8.62. The third kappa shape index (κ3) is 4.51. The molecule has 0 aliphatic carbocycles. The zero-order valence-electron chi connectivity index (χ0n) is 18.1. The molecule has 3 rings (SSSR count). The number of nitrogens with zero attached hydrogens (tertiary/aromatic N) is 2. The van der Waals surface area contributed by atoms with Crippen molar-refractivity contribution in [2.75, 3.05) is 7.11 Å². The van der Waals surface area contributed by atoms with Crippen LogP contribution in [0.25, 0.3) is 17.4 Å². The van der Waals surface area contributed by atoms with E-state index in [-0.39, 0.29) is 18.0 Å². The number of thioether (sulfide) groups is 1. The molecule has 0 spiro atoms. The topological polar surface area (TPSA) is 72.1 Å². The Morgan fingerprint density at radius 2 is 1.93 bits per heavy atom. The molecule has 30 heavy (non-hydrogen) atoms. The van der Waals surface area contributed by atoms with Crippen molar-refractivity contribution in [2.45, 2.75) is 46.7 Å². The highest BCUT2D eigenvalue weighted by Crippen LogP contribution is 2.35. The summed E-state index contributed by atoms with van der Waals surface area (Å²) in [6, 6.07) is 9.10. The molecule has 1 saturated heterocycles. The number of hydrogen-bond donors (Lipinski definition) is 0. The summed E-state index contributed by atoms with van der Waals surface area (Å²) >= 11 is 1.36. The molecule has 158 valence electrons. The van der Waals surface area contributed by atoms with Crippen LogP contribution in [0.4, 0.5) is 0 Å². The minimum Gasteiger partial charge on any atom is -0.465 e. The van der Waals surface area contributed by atoms with E-state index in [2.05, 4.69) is 4.99 Å². The van der Waals surface area contributed by atoms with Crippen LogP contribution in [0.2, 0.25) is 0 Å². The quantitative estimate of drug-likeness (QED) is 0.489. The first-order chi connectivity index (χ1) is 14.2. The van der Waals surface area contributed by atoms with E-state index in [1.54, 1.807) is 23.1 Å². The lowest BCUT2D eigenvalue weighted by molar-refractivity contribution is -0.123. The summed E-state index contributed by atoms with van der Waals surface area (Å²) in [4.78, 5) is 31.6. The summed E-state index contributed by atoms with van der Waals surface area (Å²) in [5.74, 6) is 0.718. The Bertz CT molecular complexity index is 1030. The number of carbonyl (C=O) groups excluding carboxylic acids is 2. The maximum atomic E-state index is 12.9. The maximum absolute atomic E-state index is 12.9. The van der Waals surface area contributed by atoms with Gasteiger partial charge in [0.1, 0.15) is 11.5 Å². The monoisotopic (exact) mass is 426 g/mol. The number of aryl methyl sites for hydroxylation is 1. The number of ether oxygens (including phenoxy) is 1. The molecule has 1 aromatic heterocycles. The van der Waals surface area contributed by atoms with Crippen LogP contribution in [0, 0.1) is 6.92 Å². The predicted molar refractivity (Wildman–Crippen MR) is 120 cm³/mol. The van der Waals surface area contributed by atoms with Crippen molar-refractivity contribution in [1.82, 2.24) is 4.90 Å². The van der Waals surface area contributed by atoms with E-state index in [1.807, 2.05) is 52.8 Å². The first kappa shape index (κ1) is 21.9. The lowest BCUT2D eigenvalue weighted by Gasteiger charge is -2.20. The zero-order chi connectivity index (χ0) is 22.0. The summed E-state index contributed by atoms with van der Waals surface area (Å²) in [5.41, 5.74) is 2.23. The van der Waals surface area contributed by atoms with Gasteiger partial charge in [-0.25, -0.2) is 4.79 Å². The van der Waals surface area contributed by atoms with Gasteiger partial charge in [-0.3, -0.25) is 14.7 Å². The second kappa shape index (κ2) is 8.92. The molecule has 1 aliphatic rings. The van der Waals surface area contributed by atoms with Crippen molar-refractivity contribution < 1.29 is 18.7 Å². The Hall–Kier alpha value is -2.80. The van der Waals surface area contributed by atoms with E-state index in [0.29, 0.717) is 27.2 Å². The molecule has 0 bridgehead atoms. The number of benzene rings is 1. The molecule has 0 radical (unpaired) electrons. The maximum Gasteiger partial charge on any atom is 0.337 e. The highest BCUT2D eigenvalue weighted by molar-refractivity contribution is 8.18. The highest BCUT2D eigenvalue weighted by Gasteiger charge is 2.35. The van der Waals surface area contributed by atoms with E-state index >= 15 is 0 Å². The Balaban J connectivity index is 1.93.